The van der Waals surface area contributed by atoms with Gasteiger partial charge in [-0.05, 0) is 25.1 Å². The average Bonchev–Trinajstić information content (AvgIpc) is 3.06. The summed E-state index contributed by atoms with van der Waals surface area (Å²) in [6, 6.07) is 29.1. The number of halogens is 1. The Morgan fingerprint density at radius 3 is 2.00 bits per heavy atom. The van der Waals surface area contributed by atoms with Crippen LogP contribution in [-0.4, -0.2) is 20.6 Å². The van der Waals surface area contributed by atoms with Gasteiger partial charge in [0.25, 0.3) is 5.97 Å². The lowest BCUT2D eigenvalue weighted by Gasteiger charge is -2.12. The van der Waals surface area contributed by atoms with E-state index in [1.54, 1.807) is 0 Å². The molecule has 0 radical (unpaired) electrons. The number of imidazole rings is 1. The number of hydrogen-bond acceptors (Lipinski definition) is 2. The van der Waals surface area contributed by atoms with E-state index in [4.69, 9.17) is 14.9 Å². The van der Waals surface area contributed by atoms with Gasteiger partial charge in [0.05, 0.1) is 11.4 Å². The van der Waals surface area contributed by atoms with E-state index in [0.29, 0.717) is 0 Å². The second-order valence-corrected chi connectivity index (χ2v) is 7.34. The monoisotopic (exact) mass is 448 g/mol. The van der Waals surface area contributed by atoms with E-state index in [1.807, 2.05) is 18.2 Å². The summed E-state index contributed by atoms with van der Waals surface area (Å²) in [5, 5.41) is 7.42. The van der Waals surface area contributed by atoms with Crippen molar-refractivity contribution in [3.8, 4) is 28.2 Å². The first-order valence-corrected chi connectivity index (χ1v) is 9.92. The predicted octanol–water partition coefficient (Wildman–Crippen LogP) is 6.37. The molecule has 4 rings (SSSR count). The first-order chi connectivity index (χ1) is 14.0. The Bertz CT molecular complexity index is 1100. The lowest BCUT2D eigenvalue weighted by molar-refractivity contribution is -0.134. The number of rotatable bonds is 3. The van der Waals surface area contributed by atoms with E-state index in [9.17, 15) is 0 Å². The standard InChI is InChI=1S/C22H17BrN2.C2H4O2/c1-16-24-21(17-9-4-2-5-10-17)22(18-11-6-3-7-12-18)25(16)20-14-8-13-19(23)15-20;1-2(3)4/h2-15H,1H3;1H3,(H,3,4). The minimum Gasteiger partial charge on any atom is -0.481 e. The first kappa shape index (κ1) is 20.6. The minimum absolute atomic E-state index is 0.833. The molecule has 0 fully saturated rings. The van der Waals surface area contributed by atoms with E-state index >= 15 is 0 Å². The highest BCUT2D eigenvalue weighted by Crippen LogP contribution is 2.35. The number of aromatic nitrogens is 2. The molecule has 4 aromatic rings. The van der Waals surface area contributed by atoms with Crippen molar-refractivity contribution >= 4 is 21.9 Å². The molecule has 0 saturated heterocycles. The molecule has 0 spiro atoms. The van der Waals surface area contributed by atoms with Crippen LogP contribution >= 0.6 is 15.9 Å². The molecule has 0 aliphatic heterocycles. The minimum atomic E-state index is -0.833. The normalized spacial score (nSPS) is 10.2. The molecule has 0 unspecified atom stereocenters. The van der Waals surface area contributed by atoms with Crippen molar-refractivity contribution in [1.82, 2.24) is 9.55 Å². The van der Waals surface area contributed by atoms with Crippen molar-refractivity contribution in [2.75, 3.05) is 0 Å². The van der Waals surface area contributed by atoms with Gasteiger partial charge in [0.1, 0.15) is 5.82 Å². The van der Waals surface area contributed by atoms with Gasteiger partial charge in [0.2, 0.25) is 0 Å². The number of aliphatic carboxylic acids is 1. The van der Waals surface area contributed by atoms with Crippen LogP contribution in [0.1, 0.15) is 12.7 Å². The molecular weight excluding hydrogens is 428 g/mol. The van der Waals surface area contributed by atoms with Crippen LogP contribution in [0.5, 0.6) is 0 Å². The van der Waals surface area contributed by atoms with Gasteiger partial charge in [-0.2, -0.15) is 0 Å². The van der Waals surface area contributed by atoms with Gasteiger partial charge in [0, 0.05) is 28.2 Å². The highest BCUT2D eigenvalue weighted by molar-refractivity contribution is 9.10. The smallest absolute Gasteiger partial charge is 0.300 e. The molecule has 4 nitrogen and oxygen atoms in total. The molecule has 0 aliphatic carbocycles. The maximum absolute atomic E-state index is 9.00. The molecule has 0 amide bonds. The van der Waals surface area contributed by atoms with Crippen LogP contribution in [-0.2, 0) is 4.79 Å². The summed E-state index contributed by atoms with van der Waals surface area (Å²) in [5.74, 6) is 0.135. The number of hydrogen-bond donors (Lipinski definition) is 1. The Kier molecular flexibility index (Phi) is 6.62. The Hall–Kier alpha value is -3.18. The van der Waals surface area contributed by atoms with Gasteiger partial charge in [-0.3, -0.25) is 9.36 Å². The predicted molar refractivity (Wildman–Crippen MR) is 120 cm³/mol. The second kappa shape index (κ2) is 9.34. The van der Waals surface area contributed by atoms with E-state index in [1.165, 1.54) is 0 Å². The van der Waals surface area contributed by atoms with Crippen molar-refractivity contribution < 1.29 is 9.90 Å². The van der Waals surface area contributed by atoms with Crippen molar-refractivity contribution in [3.05, 3.63) is 95.2 Å². The van der Waals surface area contributed by atoms with Crippen molar-refractivity contribution in [1.29, 1.82) is 0 Å². The summed E-state index contributed by atoms with van der Waals surface area (Å²) in [6.45, 7) is 3.14. The van der Waals surface area contributed by atoms with Gasteiger partial charge in [0.15, 0.2) is 0 Å². The Morgan fingerprint density at radius 1 is 0.897 bits per heavy atom. The zero-order valence-electron chi connectivity index (χ0n) is 16.2. The van der Waals surface area contributed by atoms with E-state index in [-0.39, 0.29) is 0 Å². The number of carboxylic acid groups (broad SMARTS) is 1. The van der Waals surface area contributed by atoms with Crippen LogP contribution in [0.3, 0.4) is 0 Å². The number of aryl methyl sites for hydroxylation is 1. The third-order valence-corrected chi connectivity index (χ3v) is 4.70. The molecule has 1 N–H and O–H groups in total. The van der Waals surface area contributed by atoms with Gasteiger partial charge in [-0.15, -0.1) is 0 Å². The first-order valence-electron chi connectivity index (χ1n) is 9.13. The quantitative estimate of drug-likeness (QED) is 0.396. The van der Waals surface area contributed by atoms with Crippen molar-refractivity contribution in [3.63, 3.8) is 0 Å². The van der Waals surface area contributed by atoms with Crippen LogP contribution in [0.4, 0.5) is 0 Å². The fourth-order valence-electron chi connectivity index (χ4n) is 3.12. The molecule has 146 valence electrons. The molecular formula is C24H21BrN2O2. The number of carbonyl (C=O) groups is 1. The van der Waals surface area contributed by atoms with Gasteiger partial charge in [-0.1, -0.05) is 82.7 Å². The van der Waals surface area contributed by atoms with Crippen LogP contribution in [0.25, 0.3) is 28.2 Å². The highest BCUT2D eigenvalue weighted by Gasteiger charge is 2.19. The molecule has 1 heterocycles. The van der Waals surface area contributed by atoms with Gasteiger partial charge >= 0.3 is 0 Å². The molecule has 0 saturated carbocycles. The molecule has 5 heteroatoms. The van der Waals surface area contributed by atoms with E-state index in [0.717, 1.165) is 45.4 Å². The SMILES string of the molecule is CC(=O)O.Cc1nc(-c2ccccc2)c(-c2ccccc2)n1-c1cccc(Br)c1. The third-order valence-electron chi connectivity index (χ3n) is 4.21. The van der Waals surface area contributed by atoms with Crippen LogP contribution in [0, 0.1) is 6.92 Å². The van der Waals surface area contributed by atoms with Crippen molar-refractivity contribution in [2.45, 2.75) is 13.8 Å². The molecule has 0 bridgehead atoms. The highest BCUT2D eigenvalue weighted by atomic mass is 79.9. The summed E-state index contributed by atoms with van der Waals surface area (Å²) in [5.41, 5.74) is 5.49. The zero-order chi connectivity index (χ0) is 20.8. The summed E-state index contributed by atoms with van der Waals surface area (Å²) in [4.78, 5) is 13.9. The average molecular weight is 449 g/mol. The number of carboxylic acids is 1. The molecule has 1 aromatic heterocycles. The Labute approximate surface area is 178 Å². The second-order valence-electron chi connectivity index (χ2n) is 6.42. The summed E-state index contributed by atoms with van der Waals surface area (Å²) < 4.78 is 3.28. The third kappa shape index (κ3) is 5.00. The largest absolute Gasteiger partial charge is 0.481 e. The van der Waals surface area contributed by atoms with Gasteiger partial charge < -0.3 is 5.11 Å². The Morgan fingerprint density at radius 2 is 1.45 bits per heavy atom. The van der Waals surface area contributed by atoms with E-state index in [2.05, 4.69) is 94.2 Å². The Balaban J connectivity index is 0.000000552. The number of benzene rings is 3. The lowest BCUT2D eigenvalue weighted by atomic mass is 10.0. The summed E-state index contributed by atoms with van der Waals surface area (Å²) >= 11 is 3.58. The van der Waals surface area contributed by atoms with Crippen molar-refractivity contribution in [2.24, 2.45) is 0 Å². The molecule has 29 heavy (non-hydrogen) atoms. The van der Waals surface area contributed by atoms with Crippen LogP contribution < -0.4 is 0 Å². The molecule has 0 aliphatic rings. The lowest BCUT2D eigenvalue weighted by Crippen LogP contribution is -1.99. The number of nitrogens with zero attached hydrogens (tertiary/aromatic N) is 2. The maximum Gasteiger partial charge on any atom is 0.300 e. The topological polar surface area (TPSA) is 55.1 Å². The zero-order valence-corrected chi connectivity index (χ0v) is 17.8. The maximum atomic E-state index is 9.00. The van der Waals surface area contributed by atoms with E-state index < -0.39 is 5.97 Å². The van der Waals surface area contributed by atoms with Crippen LogP contribution in [0.15, 0.2) is 89.4 Å². The van der Waals surface area contributed by atoms with Crippen LogP contribution in [0.2, 0.25) is 0 Å². The fraction of sp³-hybridized carbons (Fsp3) is 0.0833. The van der Waals surface area contributed by atoms with Gasteiger partial charge in [-0.25, -0.2) is 4.98 Å². The fourth-order valence-corrected chi connectivity index (χ4v) is 3.51. The summed E-state index contributed by atoms with van der Waals surface area (Å²) in [7, 11) is 0. The molecule has 0 atom stereocenters. The summed E-state index contributed by atoms with van der Waals surface area (Å²) in [6.07, 6.45) is 0. The molecule has 3 aromatic carbocycles.